The summed E-state index contributed by atoms with van der Waals surface area (Å²) < 4.78 is 6.13. The molecule has 1 aliphatic heterocycles. The van der Waals surface area contributed by atoms with Gasteiger partial charge in [-0.2, -0.15) is 0 Å². The highest BCUT2D eigenvalue weighted by molar-refractivity contribution is 9.10. The number of nitrogens with one attached hydrogen (secondary N) is 1. The second-order valence-electron chi connectivity index (χ2n) is 9.10. The van der Waals surface area contributed by atoms with Crippen molar-refractivity contribution in [2.75, 3.05) is 16.8 Å². The summed E-state index contributed by atoms with van der Waals surface area (Å²) in [5, 5.41) is 2.75. The Morgan fingerprint density at radius 3 is 2.38 bits per heavy atom. The van der Waals surface area contributed by atoms with Crippen molar-refractivity contribution >= 4 is 51.0 Å². The van der Waals surface area contributed by atoms with Crippen molar-refractivity contribution in [3.05, 3.63) is 69.7 Å². The second-order valence-corrected chi connectivity index (χ2v) is 9.96. The Labute approximate surface area is 205 Å². The fourth-order valence-electron chi connectivity index (χ4n) is 5.25. The number of halogens is 1. The fourth-order valence-corrected chi connectivity index (χ4v) is 5.70. The minimum Gasteiger partial charge on any atom is -0.452 e. The normalized spacial score (nSPS) is 24.5. The van der Waals surface area contributed by atoms with E-state index in [0.717, 1.165) is 22.0 Å². The van der Waals surface area contributed by atoms with Crippen molar-refractivity contribution in [3.63, 3.8) is 0 Å². The quantitative estimate of drug-likeness (QED) is 0.361. The lowest BCUT2D eigenvalue weighted by atomic mass is 9.85. The first-order valence-corrected chi connectivity index (χ1v) is 11.9. The number of carbonyl (C=O) groups is 4. The van der Waals surface area contributed by atoms with Crippen molar-refractivity contribution in [1.29, 1.82) is 0 Å². The first-order valence-electron chi connectivity index (χ1n) is 11.1. The molecule has 2 bridgehead atoms. The number of hydrogen-bond donors (Lipinski definition) is 1. The Kier molecular flexibility index (Phi) is 5.64. The Hall–Kier alpha value is -3.26. The van der Waals surface area contributed by atoms with Gasteiger partial charge in [0.05, 0.1) is 23.1 Å². The van der Waals surface area contributed by atoms with Gasteiger partial charge >= 0.3 is 5.97 Å². The molecule has 5 rings (SSSR count). The number of hydrogen-bond acceptors (Lipinski definition) is 5. The number of ether oxygens (including phenoxy) is 1. The van der Waals surface area contributed by atoms with Crippen LogP contribution >= 0.6 is 15.9 Å². The summed E-state index contributed by atoms with van der Waals surface area (Å²) in [6, 6.07) is 9.97. The van der Waals surface area contributed by atoms with Gasteiger partial charge in [0.2, 0.25) is 11.8 Å². The van der Waals surface area contributed by atoms with Gasteiger partial charge in [-0.25, -0.2) is 9.69 Å². The molecule has 2 aromatic rings. The minimum absolute atomic E-state index is 0.112. The lowest BCUT2D eigenvalue weighted by Gasteiger charge is -2.18. The smallest absolute Gasteiger partial charge is 0.338 e. The van der Waals surface area contributed by atoms with Crippen molar-refractivity contribution in [1.82, 2.24) is 0 Å². The maximum atomic E-state index is 13.0. The van der Waals surface area contributed by atoms with Gasteiger partial charge in [0, 0.05) is 10.2 Å². The van der Waals surface area contributed by atoms with Gasteiger partial charge in [0.15, 0.2) is 6.61 Å². The number of allylic oxidation sites excluding steroid dienone is 2. The van der Waals surface area contributed by atoms with E-state index in [0.29, 0.717) is 11.4 Å². The van der Waals surface area contributed by atoms with E-state index < -0.39 is 18.5 Å². The molecule has 0 unspecified atom stereocenters. The molecule has 4 atom stereocenters. The summed E-state index contributed by atoms with van der Waals surface area (Å²) in [5.74, 6) is -1.99. The average Bonchev–Trinajstić information content (AvgIpc) is 3.49. The van der Waals surface area contributed by atoms with Crippen molar-refractivity contribution in [2.45, 2.75) is 20.3 Å². The molecule has 0 spiro atoms. The number of imide groups is 1. The van der Waals surface area contributed by atoms with Gasteiger partial charge in [-0.3, -0.25) is 14.4 Å². The maximum absolute atomic E-state index is 13.0. The van der Waals surface area contributed by atoms with Crippen LogP contribution in [0.15, 0.2) is 53.0 Å². The van der Waals surface area contributed by atoms with E-state index in [9.17, 15) is 19.2 Å². The fraction of sp³-hybridized carbons (Fsp3) is 0.308. The van der Waals surface area contributed by atoms with Crippen LogP contribution in [0, 0.1) is 37.5 Å². The summed E-state index contributed by atoms with van der Waals surface area (Å²) in [7, 11) is 0. The van der Waals surface area contributed by atoms with E-state index in [-0.39, 0.29) is 41.0 Å². The molecule has 1 heterocycles. The number of esters is 1. The van der Waals surface area contributed by atoms with Crippen LogP contribution in [0.3, 0.4) is 0 Å². The third-order valence-electron chi connectivity index (χ3n) is 6.92. The minimum atomic E-state index is -0.707. The van der Waals surface area contributed by atoms with E-state index in [1.165, 1.54) is 17.0 Å². The Balaban J connectivity index is 1.25. The Morgan fingerprint density at radius 1 is 1.03 bits per heavy atom. The van der Waals surface area contributed by atoms with Crippen LogP contribution < -0.4 is 10.2 Å². The van der Waals surface area contributed by atoms with Gasteiger partial charge in [-0.05, 0) is 73.6 Å². The predicted octanol–water partition coefficient (Wildman–Crippen LogP) is 4.17. The molecule has 1 saturated heterocycles. The molecule has 2 aliphatic carbocycles. The van der Waals surface area contributed by atoms with Crippen LogP contribution in [0.4, 0.5) is 11.4 Å². The zero-order chi connectivity index (χ0) is 24.1. The molecular formula is C26H23BrN2O5. The molecule has 8 heteroatoms. The molecule has 7 nitrogen and oxygen atoms in total. The largest absolute Gasteiger partial charge is 0.452 e. The molecule has 2 fully saturated rings. The maximum Gasteiger partial charge on any atom is 0.338 e. The molecular weight excluding hydrogens is 500 g/mol. The van der Waals surface area contributed by atoms with Crippen LogP contribution in [0.5, 0.6) is 0 Å². The molecule has 34 heavy (non-hydrogen) atoms. The average molecular weight is 523 g/mol. The third-order valence-corrected chi connectivity index (χ3v) is 7.78. The van der Waals surface area contributed by atoms with E-state index in [1.54, 1.807) is 12.1 Å². The summed E-state index contributed by atoms with van der Waals surface area (Å²) >= 11 is 3.45. The zero-order valence-corrected chi connectivity index (χ0v) is 20.3. The molecule has 1 N–H and O–H groups in total. The van der Waals surface area contributed by atoms with Gasteiger partial charge in [0.1, 0.15) is 0 Å². The lowest BCUT2D eigenvalue weighted by Crippen LogP contribution is -2.33. The van der Waals surface area contributed by atoms with E-state index in [2.05, 4.69) is 21.2 Å². The summed E-state index contributed by atoms with van der Waals surface area (Å²) in [6.07, 6.45) is 4.93. The highest BCUT2D eigenvalue weighted by atomic mass is 79.9. The predicted molar refractivity (Wildman–Crippen MR) is 129 cm³/mol. The van der Waals surface area contributed by atoms with E-state index >= 15 is 0 Å². The molecule has 0 aromatic heterocycles. The topological polar surface area (TPSA) is 92.8 Å². The van der Waals surface area contributed by atoms with Gasteiger partial charge in [-0.15, -0.1) is 0 Å². The first kappa shape index (κ1) is 22.5. The number of nitrogens with zero attached hydrogens (tertiary/aromatic N) is 1. The number of anilines is 2. The second kappa shape index (κ2) is 8.51. The number of benzene rings is 2. The third kappa shape index (κ3) is 3.76. The highest BCUT2D eigenvalue weighted by Crippen LogP contribution is 2.53. The van der Waals surface area contributed by atoms with Crippen LogP contribution in [-0.4, -0.2) is 30.3 Å². The first-order chi connectivity index (χ1) is 16.2. The molecule has 0 radical (unpaired) electrons. The van der Waals surface area contributed by atoms with Crippen molar-refractivity contribution in [2.24, 2.45) is 23.7 Å². The molecule has 3 aliphatic rings. The van der Waals surface area contributed by atoms with Crippen LogP contribution in [0.25, 0.3) is 0 Å². The van der Waals surface area contributed by atoms with Crippen LogP contribution in [0.2, 0.25) is 0 Å². The number of rotatable bonds is 5. The van der Waals surface area contributed by atoms with Gasteiger partial charge in [-0.1, -0.05) is 34.1 Å². The summed E-state index contributed by atoms with van der Waals surface area (Å²) in [6.45, 7) is 3.32. The van der Waals surface area contributed by atoms with E-state index in [4.69, 9.17) is 4.74 Å². The zero-order valence-electron chi connectivity index (χ0n) is 18.7. The Bertz CT molecular complexity index is 1240. The van der Waals surface area contributed by atoms with Crippen molar-refractivity contribution in [3.8, 4) is 0 Å². The molecule has 2 aromatic carbocycles. The van der Waals surface area contributed by atoms with Gasteiger partial charge < -0.3 is 10.1 Å². The molecule has 1 saturated carbocycles. The summed E-state index contributed by atoms with van der Waals surface area (Å²) in [4.78, 5) is 52.2. The number of carbonyl (C=O) groups excluding carboxylic acids is 4. The van der Waals surface area contributed by atoms with Crippen LogP contribution in [-0.2, 0) is 19.1 Å². The number of fused-ring (bicyclic) bond motifs is 5. The number of amides is 3. The Morgan fingerprint density at radius 2 is 1.71 bits per heavy atom. The van der Waals surface area contributed by atoms with Gasteiger partial charge in [0.25, 0.3) is 5.91 Å². The lowest BCUT2D eigenvalue weighted by molar-refractivity contribution is -0.123. The van der Waals surface area contributed by atoms with Crippen LogP contribution in [0.1, 0.15) is 27.9 Å². The standard InChI is InChI=1S/C26H23BrN2O5/c1-13-9-20(14(2)8-19(13)27)28-21(30)12-34-26(33)17-4-3-5-18(11-17)29-24(31)22-15-6-7-16(10-15)23(22)25(29)32/h3-9,11,15-16,22-23H,10,12H2,1-2H3,(H,28,30)/t15-,16-,22+,23+/m0/s1. The molecule has 3 amide bonds. The monoisotopic (exact) mass is 522 g/mol. The summed E-state index contributed by atoms with van der Waals surface area (Å²) in [5.41, 5.74) is 3.00. The highest BCUT2D eigenvalue weighted by Gasteiger charge is 2.59. The van der Waals surface area contributed by atoms with E-state index in [1.807, 2.05) is 38.1 Å². The number of aryl methyl sites for hydroxylation is 2. The van der Waals surface area contributed by atoms with Crippen molar-refractivity contribution < 1.29 is 23.9 Å². The SMILES string of the molecule is Cc1cc(NC(=O)COC(=O)c2cccc(N3C(=O)[C@H]4[C@H](C3=O)[C@H]3C=C[C@H]4C3)c2)c(C)cc1Br. The molecule has 174 valence electrons.